The summed E-state index contributed by atoms with van der Waals surface area (Å²) >= 11 is 0. The Morgan fingerprint density at radius 1 is 1.67 bits per heavy atom. The molecule has 1 aliphatic rings. The monoisotopic (exact) mass is 213 g/mol. The Morgan fingerprint density at radius 3 is 2.93 bits per heavy atom. The molecule has 15 heavy (non-hydrogen) atoms. The highest BCUT2D eigenvalue weighted by molar-refractivity contribution is 5.80. The Kier molecular flexibility index (Phi) is 5.05. The summed E-state index contributed by atoms with van der Waals surface area (Å²) in [5, 5.41) is 2.96. The van der Waals surface area contributed by atoms with Crippen LogP contribution in [0.4, 0.5) is 0 Å². The molecule has 0 saturated carbocycles. The van der Waals surface area contributed by atoms with Crippen molar-refractivity contribution in [3.05, 3.63) is 0 Å². The van der Waals surface area contributed by atoms with Gasteiger partial charge in [-0.15, -0.1) is 0 Å². The van der Waals surface area contributed by atoms with Crippen LogP contribution in [0, 0.1) is 5.92 Å². The van der Waals surface area contributed by atoms with E-state index in [2.05, 4.69) is 17.1 Å². The first-order valence-electron chi connectivity index (χ1n) is 5.86. The van der Waals surface area contributed by atoms with Crippen molar-refractivity contribution in [3.8, 4) is 0 Å². The van der Waals surface area contributed by atoms with E-state index in [-0.39, 0.29) is 11.9 Å². The Balaban J connectivity index is 2.31. The van der Waals surface area contributed by atoms with Crippen LogP contribution in [0.3, 0.4) is 0 Å². The standard InChI is InChI=1S/C11H23N3O/c1-3-4-9-5-6-14(7-9)8-10(13-2)11(12)15/h9-10,13H,3-8H2,1-2H3,(H2,12,15). The summed E-state index contributed by atoms with van der Waals surface area (Å²) < 4.78 is 0. The fraction of sp³-hybridized carbons (Fsp3) is 0.909. The number of hydrogen-bond acceptors (Lipinski definition) is 3. The van der Waals surface area contributed by atoms with Crippen molar-refractivity contribution in [3.63, 3.8) is 0 Å². The van der Waals surface area contributed by atoms with Gasteiger partial charge in [0.1, 0.15) is 0 Å². The van der Waals surface area contributed by atoms with Crippen molar-refractivity contribution < 1.29 is 4.79 Å². The number of likely N-dealkylation sites (N-methyl/N-ethyl adjacent to an activating group) is 1. The number of hydrogen-bond donors (Lipinski definition) is 2. The first-order chi connectivity index (χ1) is 7.17. The number of primary amides is 1. The second-order valence-corrected chi connectivity index (χ2v) is 4.45. The van der Waals surface area contributed by atoms with E-state index in [4.69, 9.17) is 5.73 Å². The highest BCUT2D eigenvalue weighted by Gasteiger charge is 2.25. The molecule has 0 radical (unpaired) electrons. The van der Waals surface area contributed by atoms with Gasteiger partial charge in [-0.3, -0.25) is 4.79 Å². The first kappa shape index (κ1) is 12.5. The Morgan fingerprint density at radius 2 is 2.40 bits per heavy atom. The van der Waals surface area contributed by atoms with Crippen LogP contribution in [0.2, 0.25) is 0 Å². The van der Waals surface area contributed by atoms with Crippen LogP contribution in [-0.2, 0) is 4.79 Å². The van der Waals surface area contributed by atoms with E-state index in [1.54, 1.807) is 7.05 Å². The number of nitrogens with two attached hydrogens (primary N) is 1. The van der Waals surface area contributed by atoms with E-state index in [1.807, 2.05) is 0 Å². The first-order valence-corrected chi connectivity index (χ1v) is 5.86. The summed E-state index contributed by atoms with van der Waals surface area (Å²) in [6, 6.07) is -0.203. The molecule has 2 unspecified atom stereocenters. The van der Waals surface area contributed by atoms with Gasteiger partial charge in [0.2, 0.25) is 5.91 Å². The maximum Gasteiger partial charge on any atom is 0.235 e. The lowest BCUT2D eigenvalue weighted by Gasteiger charge is -2.21. The van der Waals surface area contributed by atoms with Crippen LogP contribution >= 0.6 is 0 Å². The highest BCUT2D eigenvalue weighted by Crippen LogP contribution is 2.20. The normalized spacial score (nSPS) is 24.3. The molecule has 0 spiro atoms. The van der Waals surface area contributed by atoms with Crippen molar-refractivity contribution >= 4 is 5.91 Å². The maximum atomic E-state index is 11.1. The van der Waals surface area contributed by atoms with Gasteiger partial charge in [0, 0.05) is 13.1 Å². The lowest BCUT2D eigenvalue weighted by Crippen LogP contribution is -2.47. The lowest BCUT2D eigenvalue weighted by molar-refractivity contribution is -0.120. The van der Waals surface area contributed by atoms with Gasteiger partial charge in [-0.2, -0.15) is 0 Å². The van der Waals surface area contributed by atoms with Crippen LogP contribution in [0.1, 0.15) is 26.2 Å². The van der Waals surface area contributed by atoms with Gasteiger partial charge in [0.25, 0.3) is 0 Å². The molecule has 0 aromatic heterocycles. The second-order valence-electron chi connectivity index (χ2n) is 4.45. The van der Waals surface area contributed by atoms with Crippen molar-refractivity contribution in [2.75, 3.05) is 26.7 Å². The minimum absolute atomic E-state index is 0.203. The molecule has 4 nitrogen and oxygen atoms in total. The number of carbonyl (C=O) groups excluding carboxylic acids is 1. The predicted octanol–water partition coefficient (Wildman–Crippen LogP) is 0.182. The molecule has 1 fully saturated rings. The fourth-order valence-electron chi connectivity index (χ4n) is 2.30. The molecule has 1 amide bonds. The van der Waals surface area contributed by atoms with Gasteiger partial charge in [0.15, 0.2) is 0 Å². The van der Waals surface area contributed by atoms with Crippen LogP contribution in [-0.4, -0.2) is 43.5 Å². The molecular weight excluding hydrogens is 190 g/mol. The molecule has 0 aliphatic carbocycles. The summed E-state index contributed by atoms with van der Waals surface area (Å²) in [5.74, 6) is 0.567. The van der Waals surface area contributed by atoms with Crippen LogP contribution in [0.25, 0.3) is 0 Å². The molecule has 0 aromatic carbocycles. The number of amides is 1. The molecular formula is C11H23N3O. The van der Waals surface area contributed by atoms with Crippen molar-refractivity contribution in [2.45, 2.75) is 32.2 Å². The summed E-state index contributed by atoms with van der Waals surface area (Å²) in [5.41, 5.74) is 5.29. The molecule has 3 N–H and O–H groups in total. The summed E-state index contributed by atoms with van der Waals surface area (Å²) in [4.78, 5) is 13.4. The third-order valence-corrected chi connectivity index (χ3v) is 3.20. The van der Waals surface area contributed by atoms with E-state index in [0.29, 0.717) is 0 Å². The lowest BCUT2D eigenvalue weighted by atomic mass is 10.0. The molecule has 1 saturated heterocycles. The van der Waals surface area contributed by atoms with Crippen molar-refractivity contribution in [2.24, 2.45) is 11.7 Å². The Hall–Kier alpha value is -0.610. The number of rotatable bonds is 6. The van der Waals surface area contributed by atoms with Crippen LogP contribution in [0.5, 0.6) is 0 Å². The number of likely N-dealkylation sites (tertiary alicyclic amines) is 1. The van der Waals surface area contributed by atoms with Crippen molar-refractivity contribution in [1.82, 2.24) is 10.2 Å². The van der Waals surface area contributed by atoms with Gasteiger partial charge in [0.05, 0.1) is 6.04 Å². The van der Waals surface area contributed by atoms with E-state index >= 15 is 0 Å². The smallest absolute Gasteiger partial charge is 0.235 e. The summed E-state index contributed by atoms with van der Waals surface area (Å²) in [6.07, 6.45) is 3.82. The van der Waals surface area contributed by atoms with Crippen LogP contribution in [0.15, 0.2) is 0 Å². The van der Waals surface area contributed by atoms with E-state index in [1.165, 1.54) is 19.3 Å². The molecule has 0 bridgehead atoms. The third-order valence-electron chi connectivity index (χ3n) is 3.20. The molecule has 88 valence electrons. The highest BCUT2D eigenvalue weighted by atomic mass is 16.1. The SMILES string of the molecule is CCCC1CCN(CC(NC)C(N)=O)C1. The minimum Gasteiger partial charge on any atom is -0.368 e. The van der Waals surface area contributed by atoms with Crippen LogP contribution < -0.4 is 11.1 Å². The van der Waals surface area contributed by atoms with E-state index in [9.17, 15) is 4.79 Å². The zero-order chi connectivity index (χ0) is 11.3. The fourth-order valence-corrected chi connectivity index (χ4v) is 2.30. The zero-order valence-corrected chi connectivity index (χ0v) is 9.83. The predicted molar refractivity (Wildman–Crippen MR) is 61.5 cm³/mol. The summed E-state index contributed by atoms with van der Waals surface area (Å²) in [6.45, 7) is 5.21. The quantitative estimate of drug-likeness (QED) is 0.662. The largest absolute Gasteiger partial charge is 0.368 e. The second kappa shape index (κ2) is 6.08. The van der Waals surface area contributed by atoms with Gasteiger partial charge in [-0.25, -0.2) is 0 Å². The van der Waals surface area contributed by atoms with Gasteiger partial charge >= 0.3 is 0 Å². The molecule has 0 aromatic rings. The third kappa shape index (κ3) is 3.80. The van der Waals surface area contributed by atoms with E-state index < -0.39 is 0 Å². The average molecular weight is 213 g/mol. The maximum absolute atomic E-state index is 11.1. The number of nitrogens with one attached hydrogen (secondary N) is 1. The molecule has 4 heteroatoms. The Bertz CT molecular complexity index is 208. The molecule has 1 rings (SSSR count). The van der Waals surface area contributed by atoms with E-state index in [0.717, 1.165) is 25.6 Å². The molecule has 1 aliphatic heterocycles. The van der Waals surface area contributed by atoms with Gasteiger partial charge < -0.3 is 16.0 Å². The molecule has 1 heterocycles. The Labute approximate surface area is 92.2 Å². The summed E-state index contributed by atoms with van der Waals surface area (Å²) in [7, 11) is 1.79. The van der Waals surface area contributed by atoms with Gasteiger partial charge in [-0.1, -0.05) is 13.3 Å². The topological polar surface area (TPSA) is 58.4 Å². The average Bonchev–Trinajstić information content (AvgIpc) is 2.62. The number of carbonyl (C=O) groups is 1. The minimum atomic E-state index is -0.253. The zero-order valence-electron chi connectivity index (χ0n) is 9.83. The van der Waals surface area contributed by atoms with Gasteiger partial charge in [-0.05, 0) is 32.4 Å². The molecule has 2 atom stereocenters. The number of nitrogens with zero attached hydrogens (tertiary/aromatic N) is 1. The van der Waals surface area contributed by atoms with Crippen molar-refractivity contribution in [1.29, 1.82) is 0 Å².